The molecule has 0 saturated carbocycles. The van der Waals surface area contributed by atoms with Crippen LogP contribution < -0.4 is 10.6 Å². The molecule has 2 aliphatic heterocycles. The van der Waals surface area contributed by atoms with Gasteiger partial charge in [-0.2, -0.15) is 0 Å². The molecule has 0 bridgehead atoms. The van der Waals surface area contributed by atoms with Crippen LogP contribution >= 0.6 is 11.8 Å². The number of hydrogen-bond donors (Lipinski definition) is 3. The van der Waals surface area contributed by atoms with Gasteiger partial charge in [-0.1, -0.05) is 36.4 Å². The van der Waals surface area contributed by atoms with Gasteiger partial charge >= 0.3 is 6.09 Å². The lowest BCUT2D eigenvalue weighted by atomic mass is 9.97. The first-order valence-corrected chi connectivity index (χ1v) is 12.3. The third-order valence-corrected chi connectivity index (χ3v) is 7.27. The molecule has 0 aliphatic carbocycles. The fourth-order valence-electron chi connectivity index (χ4n) is 4.08. The van der Waals surface area contributed by atoms with Crippen molar-refractivity contribution in [1.29, 1.82) is 0 Å². The normalized spacial score (nSPS) is 23.1. The summed E-state index contributed by atoms with van der Waals surface area (Å²) in [7, 11) is 0. The molecule has 0 aromatic heterocycles. The van der Waals surface area contributed by atoms with E-state index < -0.39 is 34.9 Å². The summed E-state index contributed by atoms with van der Waals surface area (Å²) in [6.07, 6.45) is -0.286. The third-order valence-electron chi connectivity index (χ3n) is 5.90. The lowest BCUT2D eigenvalue weighted by Gasteiger charge is -2.33. The summed E-state index contributed by atoms with van der Waals surface area (Å²) in [4.78, 5) is 40.2. The minimum Gasteiger partial charge on any atom is -0.444 e. The molecule has 3 amide bonds. The summed E-state index contributed by atoms with van der Waals surface area (Å²) >= 11 is 1.46. The molecule has 2 aliphatic rings. The Kier molecular flexibility index (Phi) is 8.98. The minimum absolute atomic E-state index is 0.210. The van der Waals surface area contributed by atoms with Crippen molar-refractivity contribution in [2.45, 2.75) is 55.7 Å². The van der Waals surface area contributed by atoms with Crippen LogP contribution in [-0.4, -0.2) is 82.6 Å². The molecule has 0 spiro atoms. The van der Waals surface area contributed by atoms with E-state index in [0.29, 0.717) is 19.6 Å². The number of aliphatic hydroxyl groups excluding tert-OH is 1. The molecule has 1 aromatic carbocycles. The Balaban J connectivity index is 1.76. The molecular formula is C24H33N3O6S. The van der Waals surface area contributed by atoms with Crippen molar-refractivity contribution in [2.24, 2.45) is 0 Å². The van der Waals surface area contributed by atoms with E-state index in [1.807, 2.05) is 44.2 Å². The number of carbonyl (C=O) groups is 3. The number of carbonyl (C=O) groups excluding carboxylic acids is 3. The Hall–Kier alpha value is -2.56. The molecule has 2 saturated heterocycles. The van der Waals surface area contributed by atoms with E-state index in [9.17, 15) is 19.5 Å². The SMILES string of the molecule is C=CCNC(=O)C1N(C(=O)[C@@H](O)[C@H](Cc2ccccc2)NC(=O)O[C@H]2CCOC2)CSC1(C)C. The zero-order valence-corrected chi connectivity index (χ0v) is 20.4. The lowest BCUT2D eigenvalue weighted by Crippen LogP contribution is -2.58. The van der Waals surface area contributed by atoms with Crippen LogP contribution in [0.15, 0.2) is 43.0 Å². The summed E-state index contributed by atoms with van der Waals surface area (Å²) in [5, 5.41) is 16.5. The van der Waals surface area contributed by atoms with Gasteiger partial charge in [-0.25, -0.2) is 4.79 Å². The van der Waals surface area contributed by atoms with E-state index in [0.717, 1.165) is 5.56 Å². The number of benzene rings is 1. The van der Waals surface area contributed by atoms with E-state index in [2.05, 4.69) is 17.2 Å². The van der Waals surface area contributed by atoms with Crippen LogP contribution in [0, 0.1) is 0 Å². The first-order chi connectivity index (χ1) is 16.2. The lowest BCUT2D eigenvalue weighted by molar-refractivity contribution is -0.147. The molecule has 1 aromatic rings. The van der Waals surface area contributed by atoms with Crippen molar-refractivity contribution in [3.05, 3.63) is 48.6 Å². The number of nitrogens with zero attached hydrogens (tertiary/aromatic N) is 1. The fourth-order valence-corrected chi connectivity index (χ4v) is 5.22. The van der Waals surface area contributed by atoms with Crippen molar-refractivity contribution in [3.63, 3.8) is 0 Å². The second-order valence-electron chi connectivity index (χ2n) is 8.90. The van der Waals surface area contributed by atoms with E-state index in [1.165, 1.54) is 16.7 Å². The van der Waals surface area contributed by atoms with Crippen LogP contribution in [0.5, 0.6) is 0 Å². The first-order valence-electron chi connectivity index (χ1n) is 11.3. The van der Waals surface area contributed by atoms with Gasteiger partial charge in [-0.3, -0.25) is 9.59 Å². The minimum atomic E-state index is -1.57. The highest BCUT2D eigenvalue weighted by Gasteiger charge is 2.49. The second-order valence-corrected chi connectivity index (χ2v) is 10.5. The number of alkyl carbamates (subject to hydrolysis) is 1. The quantitative estimate of drug-likeness (QED) is 0.448. The van der Waals surface area contributed by atoms with Gasteiger partial charge in [0.2, 0.25) is 5.91 Å². The smallest absolute Gasteiger partial charge is 0.407 e. The highest BCUT2D eigenvalue weighted by atomic mass is 32.2. The molecule has 186 valence electrons. The van der Waals surface area contributed by atoms with E-state index >= 15 is 0 Å². The molecular weight excluding hydrogens is 458 g/mol. The van der Waals surface area contributed by atoms with Gasteiger partial charge in [0.25, 0.3) is 5.91 Å². The van der Waals surface area contributed by atoms with Crippen LogP contribution in [0.25, 0.3) is 0 Å². The van der Waals surface area contributed by atoms with Gasteiger partial charge in [-0.15, -0.1) is 18.3 Å². The maximum atomic E-state index is 13.4. The molecule has 10 heteroatoms. The van der Waals surface area contributed by atoms with Gasteiger partial charge in [0.1, 0.15) is 12.1 Å². The Bertz CT molecular complexity index is 875. The first kappa shape index (κ1) is 26.1. The van der Waals surface area contributed by atoms with Gasteiger partial charge in [0.05, 0.1) is 25.1 Å². The maximum absolute atomic E-state index is 13.4. The predicted molar refractivity (Wildman–Crippen MR) is 129 cm³/mol. The van der Waals surface area contributed by atoms with Crippen LogP contribution in [-0.2, 0) is 25.5 Å². The number of rotatable bonds is 9. The summed E-state index contributed by atoms with van der Waals surface area (Å²) in [6, 6.07) is 7.51. The van der Waals surface area contributed by atoms with Crippen LogP contribution in [0.1, 0.15) is 25.8 Å². The molecule has 1 unspecified atom stereocenters. The molecule has 3 rings (SSSR count). The van der Waals surface area contributed by atoms with Crippen molar-refractivity contribution in [1.82, 2.24) is 15.5 Å². The molecule has 0 radical (unpaired) electrons. The average Bonchev–Trinajstić information content (AvgIpc) is 3.43. The van der Waals surface area contributed by atoms with Crippen LogP contribution in [0.4, 0.5) is 4.79 Å². The summed E-state index contributed by atoms with van der Waals surface area (Å²) in [6.45, 7) is 8.49. The van der Waals surface area contributed by atoms with Crippen molar-refractivity contribution in [3.8, 4) is 0 Å². The highest BCUT2D eigenvalue weighted by Crippen LogP contribution is 2.39. The fraction of sp³-hybridized carbons (Fsp3) is 0.542. The van der Waals surface area contributed by atoms with Gasteiger partial charge < -0.3 is 30.1 Å². The van der Waals surface area contributed by atoms with Gasteiger partial charge in [0.15, 0.2) is 6.10 Å². The van der Waals surface area contributed by atoms with E-state index in [-0.39, 0.29) is 30.9 Å². The third kappa shape index (κ3) is 6.52. The number of amides is 3. The largest absolute Gasteiger partial charge is 0.444 e. The zero-order valence-electron chi connectivity index (χ0n) is 19.6. The second kappa shape index (κ2) is 11.7. The number of aliphatic hydroxyl groups is 1. The van der Waals surface area contributed by atoms with Gasteiger partial charge in [0, 0.05) is 17.7 Å². The Morgan fingerprint density at radius 2 is 2.09 bits per heavy atom. The van der Waals surface area contributed by atoms with Crippen molar-refractivity contribution < 1.29 is 29.0 Å². The zero-order chi connectivity index (χ0) is 24.7. The van der Waals surface area contributed by atoms with Crippen LogP contribution in [0.2, 0.25) is 0 Å². The standard InChI is InChI=1S/C24H33N3O6S/c1-4-11-25-21(29)20-24(2,3)34-15-27(20)22(30)19(28)18(13-16-8-6-5-7-9-16)26-23(31)33-17-10-12-32-14-17/h4-9,17-20,28H,1,10-15H2,2-3H3,(H,25,29)(H,26,31)/t17-,18-,19-,20?/m0/s1. The molecule has 9 nitrogen and oxygen atoms in total. The molecule has 4 atom stereocenters. The van der Waals surface area contributed by atoms with Crippen molar-refractivity contribution in [2.75, 3.05) is 25.6 Å². The monoisotopic (exact) mass is 491 g/mol. The summed E-state index contributed by atoms with van der Waals surface area (Å²) in [5.74, 6) is -0.692. The summed E-state index contributed by atoms with van der Waals surface area (Å²) in [5.41, 5.74) is 0.834. The van der Waals surface area contributed by atoms with Crippen molar-refractivity contribution >= 4 is 29.7 Å². The Morgan fingerprint density at radius 1 is 1.35 bits per heavy atom. The topological polar surface area (TPSA) is 117 Å². The molecule has 3 N–H and O–H groups in total. The highest BCUT2D eigenvalue weighted by molar-refractivity contribution is 8.00. The average molecular weight is 492 g/mol. The number of hydrogen-bond acceptors (Lipinski definition) is 7. The molecule has 2 heterocycles. The number of ether oxygens (including phenoxy) is 2. The maximum Gasteiger partial charge on any atom is 0.407 e. The molecule has 2 fully saturated rings. The predicted octanol–water partition coefficient (Wildman–Crippen LogP) is 1.46. The molecule has 34 heavy (non-hydrogen) atoms. The van der Waals surface area contributed by atoms with Crippen LogP contribution in [0.3, 0.4) is 0 Å². The number of thioether (sulfide) groups is 1. The Morgan fingerprint density at radius 3 is 2.74 bits per heavy atom. The van der Waals surface area contributed by atoms with E-state index in [1.54, 1.807) is 6.08 Å². The van der Waals surface area contributed by atoms with E-state index in [4.69, 9.17) is 9.47 Å². The Labute approximate surface area is 204 Å². The summed E-state index contributed by atoms with van der Waals surface area (Å²) < 4.78 is 10.1. The number of nitrogens with one attached hydrogen (secondary N) is 2. The van der Waals surface area contributed by atoms with Gasteiger partial charge in [-0.05, 0) is 25.8 Å².